The highest BCUT2D eigenvalue weighted by molar-refractivity contribution is 7.07. The fraction of sp³-hybridized carbons (Fsp3) is 0.433. The number of esters is 1. The van der Waals surface area contributed by atoms with E-state index in [9.17, 15) is 9.59 Å². The Labute approximate surface area is 231 Å². The third-order valence-corrected chi connectivity index (χ3v) is 8.22. The number of thiazole rings is 1. The number of methoxy groups -OCH3 is 1. The predicted octanol–water partition coefficient (Wildman–Crippen LogP) is 4.13. The Kier molecular flexibility index (Phi) is 8.18. The van der Waals surface area contributed by atoms with Gasteiger partial charge in [-0.05, 0) is 49.3 Å². The average molecular weight is 550 g/mol. The minimum atomic E-state index is -0.653. The van der Waals surface area contributed by atoms with E-state index in [1.54, 1.807) is 24.7 Å². The maximum Gasteiger partial charge on any atom is 0.338 e. The summed E-state index contributed by atoms with van der Waals surface area (Å²) in [5.74, 6) is 1.31. The van der Waals surface area contributed by atoms with Crippen LogP contribution in [0, 0.1) is 0 Å². The van der Waals surface area contributed by atoms with Crippen LogP contribution in [0.5, 0.6) is 0 Å². The van der Waals surface area contributed by atoms with Gasteiger partial charge in [-0.3, -0.25) is 9.36 Å². The third kappa shape index (κ3) is 5.65. The summed E-state index contributed by atoms with van der Waals surface area (Å²) in [6.07, 6.45) is 5.32. The molecule has 5 rings (SSSR count). The summed E-state index contributed by atoms with van der Waals surface area (Å²) in [6, 6.07) is 11.3. The maximum absolute atomic E-state index is 13.9. The number of nitrogens with zero attached hydrogens (tertiary/aromatic N) is 3. The maximum atomic E-state index is 13.9. The molecule has 2 aromatic heterocycles. The number of anilines is 1. The molecule has 206 valence electrons. The van der Waals surface area contributed by atoms with Crippen molar-refractivity contribution in [2.45, 2.75) is 52.0 Å². The number of hydrogen-bond donors (Lipinski definition) is 0. The Morgan fingerprint density at radius 2 is 1.87 bits per heavy atom. The number of furan rings is 1. The molecule has 2 aliphatic rings. The average Bonchev–Trinajstić information content (AvgIpc) is 3.53. The number of rotatable bonds is 8. The van der Waals surface area contributed by atoms with Crippen LogP contribution in [0.4, 0.5) is 5.88 Å². The molecule has 9 heteroatoms. The zero-order valence-electron chi connectivity index (χ0n) is 22.9. The van der Waals surface area contributed by atoms with Gasteiger partial charge in [-0.2, -0.15) is 0 Å². The number of allylic oxidation sites excluding steroid dienone is 1. The molecule has 3 aromatic rings. The highest BCUT2D eigenvalue weighted by Crippen LogP contribution is 2.31. The molecule has 4 heterocycles. The van der Waals surface area contributed by atoms with Crippen LogP contribution < -0.4 is 19.8 Å². The molecule has 1 unspecified atom stereocenters. The molecule has 1 aromatic carbocycles. The van der Waals surface area contributed by atoms with Crippen LogP contribution in [-0.4, -0.2) is 43.9 Å². The van der Waals surface area contributed by atoms with E-state index in [0.717, 1.165) is 37.4 Å². The Morgan fingerprint density at radius 3 is 2.56 bits per heavy atom. The van der Waals surface area contributed by atoms with E-state index >= 15 is 0 Å². The highest BCUT2D eigenvalue weighted by Gasteiger charge is 2.33. The first-order chi connectivity index (χ1) is 18.9. The number of carbonyl (C=O) groups excluding carboxylic acids is 1. The number of aromatic nitrogens is 1. The van der Waals surface area contributed by atoms with Gasteiger partial charge < -0.3 is 18.8 Å². The van der Waals surface area contributed by atoms with Gasteiger partial charge >= 0.3 is 5.97 Å². The smallest absolute Gasteiger partial charge is 0.338 e. The topological polar surface area (TPSA) is 86.3 Å². The zero-order chi connectivity index (χ0) is 27.5. The van der Waals surface area contributed by atoms with Crippen LogP contribution >= 0.6 is 11.3 Å². The lowest BCUT2D eigenvalue weighted by Crippen LogP contribution is -2.40. The summed E-state index contributed by atoms with van der Waals surface area (Å²) in [4.78, 5) is 34.6. The summed E-state index contributed by atoms with van der Waals surface area (Å²) < 4.78 is 18.7. The van der Waals surface area contributed by atoms with E-state index in [0.29, 0.717) is 32.3 Å². The van der Waals surface area contributed by atoms with Crippen molar-refractivity contribution >= 4 is 29.3 Å². The molecular formula is C30H35N3O5S. The minimum Gasteiger partial charge on any atom is -0.460 e. The molecule has 0 amide bonds. The van der Waals surface area contributed by atoms with Crippen molar-refractivity contribution in [3.05, 3.63) is 84.2 Å². The van der Waals surface area contributed by atoms with E-state index in [4.69, 9.17) is 13.9 Å². The molecule has 0 radical (unpaired) electrons. The second-order valence-electron chi connectivity index (χ2n) is 10.3. The minimum absolute atomic E-state index is 0.118. The van der Waals surface area contributed by atoms with Crippen molar-refractivity contribution in [2.75, 3.05) is 38.3 Å². The van der Waals surface area contributed by atoms with Gasteiger partial charge in [0, 0.05) is 32.3 Å². The molecule has 0 spiro atoms. The Balaban J connectivity index is 1.57. The normalized spacial score (nSPS) is 17.9. The molecule has 1 atom stereocenters. The Bertz CT molecular complexity index is 1540. The van der Waals surface area contributed by atoms with Gasteiger partial charge in [0.1, 0.15) is 12.4 Å². The van der Waals surface area contributed by atoms with E-state index in [1.165, 1.54) is 23.3 Å². The standard InChI is InChI=1S/C30H35N3O5S/c1-19(2)21-8-10-22(11-9-21)27-26(29(35)37-17-16-36-4)20(3)31-30-33(27)28(34)24(39-30)18-23-12-13-25(38-23)32-14-6-5-7-15-32/h8-13,18-19,27H,5-7,14-17H2,1-4H3. The molecule has 0 N–H and O–H groups in total. The number of piperidine rings is 1. The second-order valence-corrected chi connectivity index (χ2v) is 11.3. The molecule has 1 saturated heterocycles. The van der Waals surface area contributed by atoms with Crippen molar-refractivity contribution < 1.29 is 18.7 Å². The van der Waals surface area contributed by atoms with Crippen molar-refractivity contribution in [3.63, 3.8) is 0 Å². The summed E-state index contributed by atoms with van der Waals surface area (Å²) >= 11 is 1.30. The van der Waals surface area contributed by atoms with Gasteiger partial charge in [-0.15, -0.1) is 0 Å². The van der Waals surface area contributed by atoms with Crippen molar-refractivity contribution in [1.82, 2.24) is 4.57 Å². The van der Waals surface area contributed by atoms with Crippen LogP contribution in [0.3, 0.4) is 0 Å². The quantitative estimate of drug-likeness (QED) is 0.310. The van der Waals surface area contributed by atoms with Crippen molar-refractivity contribution in [1.29, 1.82) is 0 Å². The first-order valence-corrected chi connectivity index (χ1v) is 14.3. The molecule has 39 heavy (non-hydrogen) atoms. The first-order valence-electron chi connectivity index (χ1n) is 13.5. The zero-order valence-corrected chi connectivity index (χ0v) is 23.8. The van der Waals surface area contributed by atoms with Crippen molar-refractivity contribution in [2.24, 2.45) is 4.99 Å². The molecule has 8 nitrogen and oxygen atoms in total. The summed E-state index contributed by atoms with van der Waals surface area (Å²) in [6.45, 7) is 8.41. The molecule has 0 bridgehead atoms. The van der Waals surface area contributed by atoms with Gasteiger partial charge in [0.05, 0.1) is 28.5 Å². The lowest BCUT2D eigenvalue weighted by atomic mass is 9.93. The van der Waals surface area contributed by atoms with E-state index < -0.39 is 12.0 Å². The summed E-state index contributed by atoms with van der Waals surface area (Å²) in [7, 11) is 1.55. The lowest BCUT2D eigenvalue weighted by Gasteiger charge is -2.25. The molecular weight excluding hydrogens is 514 g/mol. The van der Waals surface area contributed by atoms with Crippen molar-refractivity contribution in [3.8, 4) is 0 Å². The molecule has 2 aliphatic heterocycles. The van der Waals surface area contributed by atoms with Crippen LogP contribution in [0.1, 0.15) is 68.9 Å². The monoisotopic (exact) mass is 549 g/mol. The Hall–Kier alpha value is -3.43. The lowest BCUT2D eigenvalue weighted by molar-refractivity contribution is -0.140. The summed E-state index contributed by atoms with van der Waals surface area (Å²) in [5.41, 5.74) is 2.67. The number of fused-ring (bicyclic) bond motifs is 1. The van der Waals surface area contributed by atoms with Crippen LogP contribution in [0.25, 0.3) is 6.08 Å². The SMILES string of the molecule is COCCOC(=O)C1=C(C)N=c2sc(=Cc3ccc(N4CCCCC4)o3)c(=O)n2C1c1ccc(C(C)C)cc1. The van der Waals surface area contributed by atoms with Gasteiger partial charge in [0.15, 0.2) is 10.7 Å². The number of carbonyl (C=O) groups is 1. The Morgan fingerprint density at radius 1 is 1.13 bits per heavy atom. The van der Waals surface area contributed by atoms with Crippen LogP contribution in [0.15, 0.2) is 61.9 Å². The molecule has 0 saturated carbocycles. The van der Waals surface area contributed by atoms with Gasteiger partial charge in [0.2, 0.25) is 0 Å². The second kappa shape index (κ2) is 11.8. The fourth-order valence-corrected chi connectivity index (χ4v) is 6.12. The predicted molar refractivity (Wildman–Crippen MR) is 152 cm³/mol. The largest absolute Gasteiger partial charge is 0.460 e. The highest BCUT2D eigenvalue weighted by atomic mass is 32.1. The molecule has 1 fully saturated rings. The van der Waals surface area contributed by atoms with E-state index in [1.807, 2.05) is 36.4 Å². The molecule has 0 aliphatic carbocycles. The van der Waals surface area contributed by atoms with E-state index in [2.05, 4.69) is 23.7 Å². The first kappa shape index (κ1) is 27.1. The number of ether oxygens (including phenoxy) is 2. The van der Waals surface area contributed by atoms with Crippen LogP contribution in [0.2, 0.25) is 0 Å². The third-order valence-electron chi connectivity index (χ3n) is 7.23. The number of benzene rings is 1. The fourth-order valence-electron chi connectivity index (χ4n) is 5.09. The summed E-state index contributed by atoms with van der Waals surface area (Å²) in [5, 5.41) is 0. The van der Waals surface area contributed by atoms with E-state index in [-0.39, 0.29) is 18.8 Å². The number of hydrogen-bond acceptors (Lipinski definition) is 8. The van der Waals surface area contributed by atoms with Crippen LogP contribution in [-0.2, 0) is 14.3 Å². The van der Waals surface area contributed by atoms with Gasteiger partial charge in [0.25, 0.3) is 5.56 Å². The van der Waals surface area contributed by atoms with Gasteiger partial charge in [-0.1, -0.05) is 49.4 Å². The van der Waals surface area contributed by atoms with Gasteiger partial charge in [-0.25, -0.2) is 9.79 Å².